The lowest BCUT2D eigenvalue weighted by Gasteiger charge is -2.28. The van der Waals surface area contributed by atoms with Crippen molar-refractivity contribution in [2.45, 2.75) is 38.6 Å². The van der Waals surface area contributed by atoms with E-state index in [-0.39, 0.29) is 5.75 Å². The monoisotopic (exact) mass is 308 g/mol. The Hall–Kier alpha value is -2.49. The molecule has 0 saturated heterocycles. The maximum absolute atomic E-state index is 9.81. The summed E-state index contributed by atoms with van der Waals surface area (Å²) < 4.78 is 2.31. The third-order valence-electron chi connectivity index (χ3n) is 4.71. The number of nitrogens with zero attached hydrogens (tertiary/aromatic N) is 2. The summed E-state index contributed by atoms with van der Waals surface area (Å²) in [7, 11) is 0. The van der Waals surface area contributed by atoms with Crippen molar-refractivity contribution in [3.8, 4) is 22.9 Å². The number of rotatable bonds is 3. The highest BCUT2D eigenvalue weighted by atomic mass is 16.3. The van der Waals surface area contributed by atoms with Gasteiger partial charge in [-0.25, -0.2) is 4.98 Å². The first kappa shape index (κ1) is 14.1. The molecule has 2 aromatic carbocycles. The molecule has 23 heavy (non-hydrogen) atoms. The zero-order valence-corrected chi connectivity index (χ0v) is 13.2. The van der Waals surface area contributed by atoms with Crippen LogP contribution in [0.5, 0.6) is 11.5 Å². The van der Waals surface area contributed by atoms with Crippen LogP contribution in [0.4, 0.5) is 0 Å². The van der Waals surface area contributed by atoms with Crippen molar-refractivity contribution in [2.75, 3.05) is 0 Å². The third kappa shape index (κ3) is 2.25. The van der Waals surface area contributed by atoms with Crippen LogP contribution in [0, 0.1) is 0 Å². The molecular formula is C19H20N2O2. The molecule has 118 valence electrons. The Morgan fingerprint density at radius 2 is 1.91 bits per heavy atom. The maximum Gasteiger partial charge on any atom is 0.141 e. The van der Waals surface area contributed by atoms with Gasteiger partial charge in [-0.1, -0.05) is 19.8 Å². The molecule has 4 heteroatoms. The largest absolute Gasteiger partial charge is 0.508 e. The first-order valence-corrected chi connectivity index (χ1v) is 8.20. The normalized spacial score (nSPS) is 16.3. The van der Waals surface area contributed by atoms with Crippen molar-refractivity contribution < 1.29 is 10.2 Å². The lowest BCUT2D eigenvalue weighted by atomic mass is 9.92. The summed E-state index contributed by atoms with van der Waals surface area (Å²) in [5.41, 5.74) is 4.12. The second kappa shape index (κ2) is 5.30. The van der Waals surface area contributed by atoms with Gasteiger partial charge in [0.2, 0.25) is 0 Å². The lowest BCUT2D eigenvalue weighted by Crippen LogP contribution is -2.18. The molecule has 1 aliphatic heterocycles. The van der Waals surface area contributed by atoms with Gasteiger partial charge in [0, 0.05) is 17.7 Å². The van der Waals surface area contributed by atoms with Crippen LogP contribution < -0.4 is 0 Å². The van der Waals surface area contributed by atoms with Gasteiger partial charge in [0.1, 0.15) is 17.3 Å². The molecule has 0 fully saturated rings. The summed E-state index contributed by atoms with van der Waals surface area (Å²) in [6.07, 6.45) is 4.32. The van der Waals surface area contributed by atoms with Crippen LogP contribution in [0.15, 0.2) is 36.4 Å². The van der Waals surface area contributed by atoms with E-state index in [9.17, 15) is 10.2 Å². The van der Waals surface area contributed by atoms with Crippen molar-refractivity contribution in [3.05, 3.63) is 42.0 Å². The number of hydrogen-bond donors (Lipinski definition) is 2. The molecular weight excluding hydrogens is 288 g/mol. The number of aromatic hydroxyl groups is 2. The van der Waals surface area contributed by atoms with Gasteiger partial charge in [-0.05, 0) is 48.7 Å². The van der Waals surface area contributed by atoms with Crippen LogP contribution in [-0.2, 0) is 6.42 Å². The molecule has 2 heterocycles. The average Bonchev–Trinajstić information content (AvgIpc) is 2.90. The second-order valence-electron chi connectivity index (χ2n) is 6.32. The van der Waals surface area contributed by atoms with E-state index in [1.54, 1.807) is 18.2 Å². The molecule has 0 amide bonds. The van der Waals surface area contributed by atoms with E-state index in [2.05, 4.69) is 11.5 Å². The highest BCUT2D eigenvalue weighted by Crippen LogP contribution is 2.40. The van der Waals surface area contributed by atoms with Crippen molar-refractivity contribution >= 4 is 11.0 Å². The molecule has 1 aromatic heterocycles. The van der Waals surface area contributed by atoms with Gasteiger partial charge in [0.05, 0.1) is 11.0 Å². The van der Waals surface area contributed by atoms with Crippen LogP contribution in [-0.4, -0.2) is 19.8 Å². The zero-order chi connectivity index (χ0) is 16.0. The molecule has 0 aliphatic carbocycles. The molecule has 4 rings (SSSR count). The minimum absolute atomic E-state index is 0.240. The predicted octanol–water partition coefficient (Wildman–Crippen LogP) is 4.40. The van der Waals surface area contributed by atoms with Crippen LogP contribution in [0.3, 0.4) is 0 Å². The highest BCUT2D eigenvalue weighted by molar-refractivity contribution is 5.83. The molecule has 1 atom stereocenters. The first-order chi connectivity index (χ1) is 11.2. The van der Waals surface area contributed by atoms with Gasteiger partial charge in [-0.15, -0.1) is 0 Å². The summed E-state index contributed by atoms with van der Waals surface area (Å²) in [5, 5.41) is 19.6. The molecule has 4 nitrogen and oxygen atoms in total. The van der Waals surface area contributed by atoms with Crippen molar-refractivity contribution in [3.63, 3.8) is 0 Å². The van der Waals surface area contributed by atoms with Crippen LogP contribution in [0.1, 0.15) is 37.8 Å². The topological polar surface area (TPSA) is 58.3 Å². The highest BCUT2D eigenvalue weighted by Gasteiger charge is 2.27. The van der Waals surface area contributed by atoms with E-state index >= 15 is 0 Å². The van der Waals surface area contributed by atoms with Crippen LogP contribution >= 0.6 is 0 Å². The number of imidazole rings is 1. The van der Waals surface area contributed by atoms with Gasteiger partial charge >= 0.3 is 0 Å². The molecule has 2 N–H and O–H groups in total. The fourth-order valence-electron chi connectivity index (χ4n) is 3.63. The van der Waals surface area contributed by atoms with Gasteiger partial charge in [0.15, 0.2) is 0 Å². The van der Waals surface area contributed by atoms with E-state index in [0.29, 0.717) is 11.8 Å². The van der Waals surface area contributed by atoms with Crippen molar-refractivity contribution in [1.82, 2.24) is 9.55 Å². The van der Waals surface area contributed by atoms with Gasteiger partial charge < -0.3 is 14.8 Å². The summed E-state index contributed by atoms with van der Waals surface area (Å²) in [6.45, 7) is 2.20. The molecule has 1 unspecified atom stereocenters. The summed E-state index contributed by atoms with van der Waals surface area (Å²) in [5.74, 6) is 1.48. The van der Waals surface area contributed by atoms with Gasteiger partial charge in [0.25, 0.3) is 0 Å². The fourth-order valence-corrected chi connectivity index (χ4v) is 3.63. The van der Waals surface area contributed by atoms with Crippen LogP contribution in [0.25, 0.3) is 22.4 Å². The first-order valence-electron chi connectivity index (χ1n) is 8.20. The number of unbranched alkanes of at least 4 members (excludes halogenated alkanes) is 1. The molecule has 0 bridgehead atoms. The molecule has 0 saturated carbocycles. The summed E-state index contributed by atoms with van der Waals surface area (Å²) in [6, 6.07) is 11.2. The standard InChI is InChI=1S/C19H20N2O2/c1-2-3-4-13-9-12-10-14(22)5-7-16(12)19-20-17-11-15(23)6-8-18(17)21(13)19/h5-8,10-11,13,22-23H,2-4,9H2,1H3. The quantitative estimate of drug-likeness (QED) is 0.754. The summed E-state index contributed by atoms with van der Waals surface area (Å²) >= 11 is 0. The third-order valence-corrected chi connectivity index (χ3v) is 4.71. The Balaban J connectivity index is 1.95. The average molecular weight is 308 g/mol. The minimum atomic E-state index is 0.240. The SMILES string of the molecule is CCCCC1Cc2cc(O)ccc2-c2nc3cc(O)ccc3n21. The molecule has 0 spiro atoms. The lowest BCUT2D eigenvalue weighted by molar-refractivity contribution is 0.446. The number of phenolic OH excluding ortho intramolecular Hbond substituents is 2. The Bertz CT molecular complexity index is 882. The molecule has 0 radical (unpaired) electrons. The van der Waals surface area contributed by atoms with Gasteiger partial charge in [-0.2, -0.15) is 0 Å². The van der Waals surface area contributed by atoms with E-state index in [4.69, 9.17) is 4.98 Å². The molecule has 3 aromatic rings. The Morgan fingerprint density at radius 3 is 2.74 bits per heavy atom. The number of benzene rings is 2. The number of fused-ring (bicyclic) bond motifs is 5. The smallest absolute Gasteiger partial charge is 0.141 e. The summed E-state index contributed by atoms with van der Waals surface area (Å²) in [4.78, 5) is 4.76. The van der Waals surface area contributed by atoms with E-state index in [0.717, 1.165) is 53.7 Å². The Kier molecular flexibility index (Phi) is 3.26. The predicted molar refractivity (Wildman–Crippen MR) is 90.8 cm³/mol. The molecule has 1 aliphatic rings. The number of aromatic nitrogens is 2. The Labute approximate surface area is 135 Å². The van der Waals surface area contributed by atoms with E-state index in [1.165, 1.54) is 0 Å². The maximum atomic E-state index is 9.81. The van der Waals surface area contributed by atoms with E-state index < -0.39 is 0 Å². The van der Waals surface area contributed by atoms with Crippen molar-refractivity contribution in [2.24, 2.45) is 0 Å². The van der Waals surface area contributed by atoms with Crippen molar-refractivity contribution in [1.29, 1.82) is 0 Å². The minimum Gasteiger partial charge on any atom is -0.508 e. The second-order valence-corrected chi connectivity index (χ2v) is 6.32. The van der Waals surface area contributed by atoms with E-state index in [1.807, 2.05) is 18.2 Å². The number of hydrogen-bond acceptors (Lipinski definition) is 3. The number of phenols is 2. The van der Waals surface area contributed by atoms with Gasteiger partial charge in [-0.3, -0.25) is 0 Å². The fraction of sp³-hybridized carbons (Fsp3) is 0.316. The Morgan fingerprint density at radius 1 is 1.13 bits per heavy atom. The zero-order valence-electron chi connectivity index (χ0n) is 13.2. The van der Waals surface area contributed by atoms with Crippen LogP contribution in [0.2, 0.25) is 0 Å².